The number of anilines is 1. The molecule has 26 heavy (non-hydrogen) atoms. The van der Waals surface area contributed by atoms with Gasteiger partial charge in [-0.15, -0.1) is 0 Å². The first-order valence-electron chi connectivity index (χ1n) is 8.71. The molecular weight excluding hydrogens is 334 g/mol. The number of nitro groups is 1. The van der Waals surface area contributed by atoms with E-state index in [0.717, 1.165) is 25.1 Å². The van der Waals surface area contributed by atoms with E-state index in [4.69, 9.17) is 4.74 Å². The van der Waals surface area contributed by atoms with E-state index in [1.807, 2.05) is 13.8 Å². The summed E-state index contributed by atoms with van der Waals surface area (Å²) in [5.41, 5.74) is 0.965. The lowest BCUT2D eigenvalue weighted by atomic mass is 9.74. The van der Waals surface area contributed by atoms with Crippen molar-refractivity contribution in [2.24, 2.45) is 11.3 Å². The Morgan fingerprint density at radius 3 is 2.85 bits per heavy atom. The third-order valence-corrected chi connectivity index (χ3v) is 5.42. The summed E-state index contributed by atoms with van der Waals surface area (Å²) in [5.74, 6) is -0.0753. The summed E-state index contributed by atoms with van der Waals surface area (Å²) < 4.78 is 4.98. The van der Waals surface area contributed by atoms with Crippen molar-refractivity contribution in [2.45, 2.75) is 26.7 Å². The molecule has 1 fully saturated rings. The summed E-state index contributed by atoms with van der Waals surface area (Å²) in [4.78, 5) is 29.7. The van der Waals surface area contributed by atoms with Crippen molar-refractivity contribution in [3.8, 4) is 0 Å². The number of piperidine rings is 1. The van der Waals surface area contributed by atoms with Crippen LogP contribution in [0.3, 0.4) is 0 Å². The summed E-state index contributed by atoms with van der Waals surface area (Å²) in [7, 11) is 1.42. The average molecular weight is 357 g/mol. The Hall–Kier alpha value is -2.70. The Bertz CT molecular complexity index is 850. The van der Waals surface area contributed by atoms with Crippen molar-refractivity contribution in [2.75, 3.05) is 25.1 Å². The van der Waals surface area contributed by atoms with Crippen LogP contribution in [0, 0.1) is 21.4 Å². The van der Waals surface area contributed by atoms with E-state index >= 15 is 0 Å². The first-order valence-corrected chi connectivity index (χ1v) is 8.71. The monoisotopic (exact) mass is 357 g/mol. The number of carbonyl (C=O) groups excluding carboxylic acids is 1. The molecule has 0 radical (unpaired) electrons. The standard InChI is InChI=1S/C19H23N3O4/c1-19(2,18(23)26-3)13-6-5-11-21(12-13)16-9-8-15(22(24)25)14-7-4-10-20-17(14)16/h4,7-10,13H,5-6,11-12H2,1-3H3. The predicted molar refractivity (Wildman–Crippen MR) is 99.1 cm³/mol. The van der Waals surface area contributed by atoms with Crippen molar-refractivity contribution >= 4 is 28.2 Å². The summed E-state index contributed by atoms with van der Waals surface area (Å²) in [5, 5.41) is 11.8. The molecule has 0 spiro atoms. The summed E-state index contributed by atoms with van der Waals surface area (Å²) in [6.07, 6.45) is 3.53. The van der Waals surface area contributed by atoms with Gasteiger partial charge in [0, 0.05) is 25.4 Å². The molecule has 1 unspecified atom stereocenters. The lowest BCUT2D eigenvalue weighted by Gasteiger charge is -2.41. The van der Waals surface area contributed by atoms with Crippen LogP contribution < -0.4 is 4.90 Å². The molecule has 1 aliphatic heterocycles. The van der Waals surface area contributed by atoms with Gasteiger partial charge in [0.05, 0.1) is 28.5 Å². The Morgan fingerprint density at radius 2 is 2.15 bits per heavy atom. The molecule has 2 heterocycles. The molecule has 1 atom stereocenters. The second-order valence-corrected chi connectivity index (χ2v) is 7.26. The van der Waals surface area contributed by atoms with Crippen LogP contribution in [0.2, 0.25) is 0 Å². The summed E-state index contributed by atoms with van der Waals surface area (Å²) in [6, 6.07) is 6.73. The van der Waals surface area contributed by atoms with Crippen molar-refractivity contribution < 1.29 is 14.5 Å². The van der Waals surface area contributed by atoms with Crippen molar-refractivity contribution in [1.29, 1.82) is 0 Å². The zero-order valence-corrected chi connectivity index (χ0v) is 15.3. The zero-order valence-electron chi connectivity index (χ0n) is 15.3. The molecular formula is C19H23N3O4. The maximum absolute atomic E-state index is 12.2. The highest BCUT2D eigenvalue weighted by atomic mass is 16.6. The van der Waals surface area contributed by atoms with Gasteiger partial charge in [-0.1, -0.05) is 0 Å². The molecule has 1 saturated heterocycles. The first-order chi connectivity index (χ1) is 12.4. The van der Waals surface area contributed by atoms with Crippen LogP contribution in [0.15, 0.2) is 30.5 Å². The number of hydrogen-bond acceptors (Lipinski definition) is 6. The van der Waals surface area contributed by atoms with Crippen LogP contribution >= 0.6 is 0 Å². The fourth-order valence-electron chi connectivity index (χ4n) is 3.77. The van der Waals surface area contributed by atoms with Crippen LogP contribution in [0.25, 0.3) is 10.9 Å². The number of carbonyl (C=O) groups is 1. The molecule has 1 aromatic heterocycles. The number of aromatic nitrogens is 1. The lowest BCUT2D eigenvalue weighted by molar-refractivity contribution is -0.383. The van der Waals surface area contributed by atoms with Crippen molar-refractivity contribution in [3.05, 3.63) is 40.6 Å². The number of hydrogen-bond donors (Lipinski definition) is 0. The second-order valence-electron chi connectivity index (χ2n) is 7.26. The molecule has 0 N–H and O–H groups in total. The molecule has 0 amide bonds. The highest BCUT2D eigenvalue weighted by Crippen LogP contribution is 2.39. The Balaban J connectivity index is 1.98. The normalized spacial score (nSPS) is 18.0. The Labute approximate surface area is 152 Å². The number of methoxy groups -OCH3 is 1. The van der Waals surface area contributed by atoms with Gasteiger partial charge in [-0.3, -0.25) is 19.9 Å². The summed E-state index contributed by atoms with van der Waals surface area (Å²) >= 11 is 0. The van der Waals surface area contributed by atoms with Crippen LogP contribution in [-0.2, 0) is 9.53 Å². The van der Waals surface area contributed by atoms with E-state index in [9.17, 15) is 14.9 Å². The summed E-state index contributed by atoms with van der Waals surface area (Å²) in [6.45, 7) is 5.35. The van der Waals surface area contributed by atoms with Gasteiger partial charge in [-0.2, -0.15) is 0 Å². The fraction of sp³-hybridized carbons (Fsp3) is 0.474. The van der Waals surface area contributed by atoms with Crippen molar-refractivity contribution in [1.82, 2.24) is 4.98 Å². The van der Waals surface area contributed by atoms with E-state index in [2.05, 4.69) is 9.88 Å². The van der Waals surface area contributed by atoms with Gasteiger partial charge in [0.25, 0.3) is 5.69 Å². The lowest BCUT2D eigenvalue weighted by Crippen LogP contribution is -2.45. The second kappa shape index (κ2) is 6.90. The molecule has 7 nitrogen and oxygen atoms in total. The van der Waals surface area contributed by atoms with Crippen LogP contribution in [-0.4, -0.2) is 36.1 Å². The number of pyridine rings is 1. The quantitative estimate of drug-likeness (QED) is 0.472. The average Bonchev–Trinajstić information content (AvgIpc) is 2.66. The molecule has 3 rings (SSSR count). The smallest absolute Gasteiger partial charge is 0.311 e. The van der Waals surface area contributed by atoms with E-state index in [1.54, 1.807) is 24.4 Å². The molecule has 7 heteroatoms. The molecule has 0 bridgehead atoms. The van der Waals surface area contributed by atoms with Gasteiger partial charge >= 0.3 is 5.97 Å². The minimum Gasteiger partial charge on any atom is -0.469 e. The molecule has 1 aliphatic rings. The van der Waals surface area contributed by atoms with Crippen LogP contribution in [0.5, 0.6) is 0 Å². The maximum Gasteiger partial charge on any atom is 0.311 e. The Kier molecular flexibility index (Phi) is 4.80. The Morgan fingerprint density at radius 1 is 1.38 bits per heavy atom. The van der Waals surface area contributed by atoms with Gasteiger partial charge in [0.15, 0.2) is 0 Å². The molecule has 1 aromatic carbocycles. The van der Waals surface area contributed by atoms with Crippen LogP contribution in [0.1, 0.15) is 26.7 Å². The largest absolute Gasteiger partial charge is 0.469 e. The van der Waals surface area contributed by atoms with E-state index < -0.39 is 5.41 Å². The van der Waals surface area contributed by atoms with E-state index in [0.29, 0.717) is 17.4 Å². The fourth-order valence-corrected chi connectivity index (χ4v) is 3.77. The van der Waals surface area contributed by atoms with Crippen molar-refractivity contribution in [3.63, 3.8) is 0 Å². The first kappa shape index (κ1) is 18.1. The number of nitrogens with zero attached hydrogens (tertiary/aromatic N) is 3. The number of nitro benzene ring substituents is 1. The third kappa shape index (κ3) is 3.09. The van der Waals surface area contributed by atoms with Crippen LogP contribution in [0.4, 0.5) is 11.4 Å². The SMILES string of the molecule is COC(=O)C(C)(C)C1CCCN(c2ccc([N+](=O)[O-])c3cccnc23)C1. The van der Waals surface area contributed by atoms with E-state index in [1.165, 1.54) is 13.2 Å². The maximum atomic E-state index is 12.2. The van der Waals surface area contributed by atoms with Gasteiger partial charge in [-0.25, -0.2) is 0 Å². The van der Waals surface area contributed by atoms with Gasteiger partial charge in [0.2, 0.25) is 0 Å². The topological polar surface area (TPSA) is 85.6 Å². The highest BCUT2D eigenvalue weighted by Gasteiger charge is 2.40. The number of non-ortho nitro benzene ring substituents is 1. The molecule has 138 valence electrons. The minimum absolute atomic E-state index is 0.0558. The predicted octanol–water partition coefficient (Wildman–Crippen LogP) is 3.56. The number of fused-ring (bicyclic) bond motifs is 1. The van der Waals surface area contributed by atoms with Gasteiger partial charge < -0.3 is 9.64 Å². The number of benzene rings is 1. The third-order valence-electron chi connectivity index (χ3n) is 5.42. The van der Waals surface area contributed by atoms with Gasteiger partial charge in [0.1, 0.15) is 5.52 Å². The number of esters is 1. The molecule has 0 aliphatic carbocycles. The highest BCUT2D eigenvalue weighted by molar-refractivity contribution is 5.97. The molecule has 0 saturated carbocycles. The zero-order chi connectivity index (χ0) is 18.9. The number of rotatable bonds is 4. The van der Waals surface area contributed by atoms with Gasteiger partial charge in [-0.05, 0) is 50.8 Å². The number of ether oxygens (including phenoxy) is 1. The minimum atomic E-state index is -0.586. The van der Waals surface area contributed by atoms with E-state index in [-0.39, 0.29) is 22.5 Å². The molecule has 2 aromatic rings.